The van der Waals surface area contributed by atoms with Crippen molar-refractivity contribution in [2.45, 2.75) is 39.2 Å². The summed E-state index contributed by atoms with van der Waals surface area (Å²) in [7, 11) is 0. The molecule has 1 atom stereocenters. The van der Waals surface area contributed by atoms with Crippen LogP contribution in [0.1, 0.15) is 44.0 Å². The first-order valence-corrected chi connectivity index (χ1v) is 11.6. The third-order valence-electron chi connectivity index (χ3n) is 5.68. The predicted octanol–water partition coefficient (Wildman–Crippen LogP) is 3.50. The van der Waals surface area contributed by atoms with Crippen LogP contribution in [0.4, 0.5) is 0 Å². The first-order chi connectivity index (χ1) is 13.8. The number of thiophene rings is 1. The minimum Gasteiger partial charge on any atom is -0.382 e. The van der Waals surface area contributed by atoms with E-state index in [-0.39, 0.29) is 24.0 Å². The van der Waals surface area contributed by atoms with Gasteiger partial charge in [-0.25, -0.2) is 0 Å². The first-order valence-electron chi connectivity index (χ1n) is 10.7. The maximum Gasteiger partial charge on any atom is 0.191 e. The Morgan fingerprint density at radius 1 is 1.31 bits per heavy atom. The number of nitrogens with zero attached hydrogens (tertiary/aromatic N) is 2. The molecule has 1 aromatic rings. The summed E-state index contributed by atoms with van der Waals surface area (Å²) in [4.78, 5) is 8.85. The highest BCUT2D eigenvalue weighted by molar-refractivity contribution is 14.0. The van der Waals surface area contributed by atoms with Gasteiger partial charge in [0, 0.05) is 50.8 Å². The number of rotatable bonds is 11. The summed E-state index contributed by atoms with van der Waals surface area (Å²) < 4.78 is 11.1. The smallest absolute Gasteiger partial charge is 0.191 e. The Morgan fingerprint density at radius 2 is 2.10 bits per heavy atom. The number of aliphatic imine (C=N–C) groups is 1. The van der Waals surface area contributed by atoms with E-state index in [1.54, 1.807) is 0 Å². The highest BCUT2D eigenvalue weighted by atomic mass is 127. The SMILES string of the molecule is CCNC(=NCC1(CCOCC)CC1)NCC(c1cccs1)N1CCOCC1.I. The Bertz CT molecular complexity index is 590. The van der Waals surface area contributed by atoms with Gasteiger partial charge in [-0.05, 0) is 50.0 Å². The van der Waals surface area contributed by atoms with Gasteiger partial charge in [-0.3, -0.25) is 9.89 Å². The largest absolute Gasteiger partial charge is 0.382 e. The Labute approximate surface area is 196 Å². The molecule has 1 aliphatic heterocycles. The fourth-order valence-corrected chi connectivity index (χ4v) is 4.52. The highest BCUT2D eigenvalue weighted by Crippen LogP contribution is 2.49. The molecule has 1 unspecified atom stereocenters. The van der Waals surface area contributed by atoms with E-state index in [2.05, 4.69) is 46.9 Å². The van der Waals surface area contributed by atoms with Crippen molar-refractivity contribution in [1.29, 1.82) is 0 Å². The zero-order valence-corrected chi connectivity index (χ0v) is 21.0. The van der Waals surface area contributed by atoms with Gasteiger partial charge in [0.1, 0.15) is 0 Å². The summed E-state index contributed by atoms with van der Waals surface area (Å²) in [6.45, 7) is 12.1. The third kappa shape index (κ3) is 7.97. The number of nitrogens with one attached hydrogen (secondary N) is 2. The van der Waals surface area contributed by atoms with Crippen LogP contribution in [0.5, 0.6) is 0 Å². The fraction of sp³-hybridized carbons (Fsp3) is 0.762. The number of ether oxygens (including phenoxy) is 2. The third-order valence-corrected chi connectivity index (χ3v) is 6.65. The second kappa shape index (κ2) is 13.1. The number of guanidine groups is 1. The molecule has 1 aromatic heterocycles. The van der Waals surface area contributed by atoms with Crippen LogP contribution in [0.3, 0.4) is 0 Å². The summed E-state index contributed by atoms with van der Waals surface area (Å²) in [6.07, 6.45) is 3.67. The van der Waals surface area contributed by atoms with E-state index in [0.717, 1.165) is 71.5 Å². The number of hydrogen-bond acceptors (Lipinski definition) is 5. The quantitative estimate of drug-likeness (QED) is 0.196. The maximum absolute atomic E-state index is 5.56. The average Bonchev–Trinajstić information content (AvgIpc) is 3.28. The molecular formula is C21H37IN4O2S. The molecule has 6 nitrogen and oxygen atoms in total. The molecule has 0 aromatic carbocycles. The lowest BCUT2D eigenvalue weighted by Crippen LogP contribution is -2.46. The van der Waals surface area contributed by atoms with Crippen molar-refractivity contribution in [3.63, 3.8) is 0 Å². The topological polar surface area (TPSA) is 58.1 Å². The number of morpholine rings is 1. The highest BCUT2D eigenvalue weighted by Gasteiger charge is 2.41. The van der Waals surface area contributed by atoms with Crippen LogP contribution in [0.2, 0.25) is 0 Å². The van der Waals surface area contributed by atoms with Gasteiger partial charge in [0.05, 0.1) is 19.3 Å². The van der Waals surface area contributed by atoms with Crippen LogP contribution in [0, 0.1) is 5.41 Å². The number of hydrogen-bond donors (Lipinski definition) is 2. The van der Waals surface area contributed by atoms with E-state index in [1.807, 2.05) is 11.3 Å². The van der Waals surface area contributed by atoms with Gasteiger partial charge < -0.3 is 20.1 Å². The van der Waals surface area contributed by atoms with E-state index in [1.165, 1.54) is 17.7 Å². The van der Waals surface area contributed by atoms with E-state index in [9.17, 15) is 0 Å². The lowest BCUT2D eigenvalue weighted by atomic mass is 10.0. The van der Waals surface area contributed by atoms with Crippen molar-refractivity contribution in [1.82, 2.24) is 15.5 Å². The molecule has 3 rings (SSSR count). The Hall–Kier alpha value is -0.420. The summed E-state index contributed by atoms with van der Waals surface area (Å²) in [5.41, 5.74) is 0.370. The normalized spacial score (nSPS) is 20.0. The summed E-state index contributed by atoms with van der Waals surface area (Å²) in [5.74, 6) is 0.931. The first kappa shape index (κ1) is 24.8. The van der Waals surface area contributed by atoms with Gasteiger partial charge in [0.15, 0.2) is 5.96 Å². The molecule has 2 aliphatic rings. The van der Waals surface area contributed by atoms with Gasteiger partial charge >= 0.3 is 0 Å². The molecule has 0 bridgehead atoms. The van der Waals surface area contributed by atoms with Crippen molar-refractivity contribution < 1.29 is 9.47 Å². The maximum atomic E-state index is 5.56. The molecule has 0 amide bonds. The van der Waals surface area contributed by atoms with Crippen LogP contribution >= 0.6 is 35.3 Å². The lowest BCUT2D eigenvalue weighted by molar-refractivity contribution is 0.0177. The lowest BCUT2D eigenvalue weighted by Gasteiger charge is -2.34. The van der Waals surface area contributed by atoms with E-state index < -0.39 is 0 Å². The van der Waals surface area contributed by atoms with Crippen LogP contribution < -0.4 is 10.6 Å². The van der Waals surface area contributed by atoms with Crippen molar-refractivity contribution in [2.24, 2.45) is 10.4 Å². The molecular weight excluding hydrogens is 499 g/mol. The van der Waals surface area contributed by atoms with Crippen molar-refractivity contribution in [2.75, 3.05) is 59.2 Å². The summed E-state index contributed by atoms with van der Waals surface area (Å²) in [6, 6.07) is 4.74. The minimum atomic E-state index is 0. The van der Waals surface area contributed by atoms with Crippen LogP contribution in [-0.4, -0.2) is 70.0 Å². The summed E-state index contributed by atoms with van der Waals surface area (Å²) in [5, 5.41) is 9.19. The van der Waals surface area contributed by atoms with Gasteiger partial charge in [0.2, 0.25) is 0 Å². The second-order valence-corrected chi connectivity index (χ2v) is 8.68. The zero-order chi connectivity index (χ0) is 19.7. The van der Waals surface area contributed by atoms with Crippen molar-refractivity contribution >= 4 is 41.3 Å². The van der Waals surface area contributed by atoms with E-state index >= 15 is 0 Å². The molecule has 29 heavy (non-hydrogen) atoms. The van der Waals surface area contributed by atoms with Gasteiger partial charge in [-0.2, -0.15) is 0 Å². The number of halogens is 1. The monoisotopic (exact) mass is 536 g/mol. The molecule has 1 aliphatic carbocycles. The molecule has 0 spiro atoms. The second-order valence-electron chi connectivity index (χ2n) is 7.70. The van der Waals surface area contributed by atoms with Crippen LogP contribution in [0.15, 0.2) is 22.5 Å². The van der Waals surface area contributed by atoms with Gasteiger partial charge in [-0.1, -0.05) is 6.07 Å². The Morgan fingerprint density at radius 3 is 2.72 bits per heavy atom. The van der Waals surface area contributed by atoms with Gasteiger partial charge in [0.25, 0.3) is 0 Å². The van der Waals surface area contributed by atoms with E-state index in [4.69, 9.17) is 14.5 Å². The molecule has 2 fully saturated rings. The van der Waals surface area contributed by atoms with Crippen molar-refractivity contribution in [3.05, 3.63) is 22.4 Å². The zero-order valence-electron chi connectivity index (χ0n) is 17.8. The van der Waals surface area contributed by atoms with Gasteiger partial charge in [-0.15, -0.1) is 35.3 Å². The van der Waals surface area contributed by atoms with Crippen molar-refractivity contribution in [3.8, 4) is 0 Å². The fourth-order valence-electron chi connectivity index (χ4n) is 3.66. The molecule has 2 heterocycles. The minimum absolute atomic E-state index is 0. The van der Waals surface area contributed by atoms with E-state index in [0.29, 0.717) is 11.5 Å². The molecule has 1 saturated carbocycles. The molecule has 0 radical (unpaired) electrons. The predicted molar refractivity (Wildman–Crippen MR) is 132 cm³/mol. The molecule has 166 valence electrons. The average molecular weight is 537 g/mol. The Kier molecular flexibility index (Phi) is 11.2. The summed E-state index contributed by atoms with van der Waals surface area (Å²) >= 11 is 1.83. The molecule has 1 saturated heterocycles. The van der Waals surface area contributed by atoms with Crippen LogP contribution in [-0.2, 0) is 9.47 Å². The van der Waals surface area contributed by atoms with Crippen LogP contribution in [0.25, 0.3) is 0 Å². The standard InChI is InChI=1S/C21H36N4O2S.HI/c1-3-22-20(24-17-21(7-8-21)9-12-26-4-2)23-16-18(19-6-5-15-28-19)25-10-13-27-14-11-25;/h5-6,15,18H,3-4,7-14,16-17H2,1-2H3,(H2,22,23,24);1H. The molecule has 2 N–H and O–H groups in total. The Balaban J connectivity index is 0.00000300. The molecule has 8 heteroatoms.